The van der Waals surface area contributed by atoms with Crippen LogP contribution in [0, 0.1) is 5.92 Å². The van der Waals surface area contributed by atoms with E-state index in [4.69, 9.17) is 5.73 Å². The van der Waals surface area contributed by atoms with Crippen LogP contribution in [0.4, 0.5) is 0 Å². The van der Waals surface area contributed by atoms with Crippen LogP contribution in [0.5, 0.6) is 0 Å². The Hall–Kier alpha value is -1.45. The fourth-order valence-electron chi connectivity index (χ4n) is 2.29. The molecule has 1 amide bonds. The van der Waals surface area contributed by atoms with Crippen LogP contribution in [-0.4, -0.2) is 65.9 Å². The number of carbonyl (C=O) groups is 1. The van der Waals surface area contributed by atoms with Crippen molar-refractivity contribution in [2.24, 2.45) is 11.7 Å². The number of amides is 1. The fraction of sp³-hybridized carbons (Fsp3) is 0.636. The van der Waals surface area contributed by atoms with Gasteiger partial charge in [0, 0.05) is 44.6 Å². The van der Waals surface area contributed by atoms with Crippen LogP contribution in [0.3, 0.4) is 0 Å². The topological polar surface area (TPSA) is 112 Å². The summed E-state index contributed by atoms with van der Waals surface area (Å²) in [4.78, 5) is 20.4. The Morgan fingerprint density at radius 2 is 2.25 bits per heavy atom. The van der Waals surface area contributed by atoms with Crippen molar-refractivity contribution in [3.05, 3.63) is 18.2 Å². The minimum atomic E-state index is -3.32. The molecule has 2 rings (SSSR count). The van der Waals surface area contributed by atoms with E-state index < -0.39 is 21.8 Å². The largest absolute Gasteiger partial charge is 0.369 e. The number of hydrogen-bond donors (Lipinski definition) is 2. The Labute approximate surface area is 118 Å². The highest BCUT2D eigenvalue weighted by Crippen LogP contribution is 2.14. The third-order valence-corrected chi connectivity index (χ3v) is 4.66. The number of imidazole rings is 1. The highest BCUT2D eigenvalue weighted by Gasteiger charge is 2.30. The second-order valence-electron chi connectivity index (χ2n) is 5.03. The summed E-state index contributed by atoms with van der Waals surface area (Å²) in [6.45, 7) is 2.09. The van der Waals surface area contributed by atoms with Crippen LogP contribution in [0.25, 0.3) is 0 Å². The smallest absolute Gasteiger partial charge is 0.223 e. The van der Waals surface area contributed by atoms with Gasteiger partial charge in [-0.25, -0.2) is 17.7 Å². The number of primary amides is 1. The Morgan fingerprint density at radius 3 is 2.80 bits per heavy atom. The summed E-state index contributed by atoms with van der Waals surface area (Å²) in [5, 5.41) is 0. The first kappa shape index (κ1) is 14.9. The number of rotatable bonds is 4. The highest BCUT2D eigenvalue weighted by molar-refractivity contribution is 7.88. The van der Waals surface area contributed by atoms with E-state index in [1.807, 2.05) is 4.90 Å². The zero-order valence-electron chi connectivity index (χ0n) is 11.3. The zero-order valence-corrected chi connectivity index (χ0v) is 12.1. The number of nitrogens with two attached hydrogens (primary N) is 1. The molecule has 1 aromatic heterocycles. The Balaban J connectivity index is 2.11. The van der Waals surface area contributed by atoms with Gasteiger partial charge >= 0.3 is 0 Å². The number of H-pyrrole nitrogens is 1. The van der Waals surface area contributed by atoms with Gasteiger partial charge in [-0.2, -0.15) is 0 Å². The van der Waals surface area contributed by atoms with Crippen molar-refractivity contribution in [2.75, 3.05) is 32.4 Å². The lowest BCUT2D eigenvalue weighted by Gasteiger charge is -2.21. The molecule has 3 N–H and O–H groups in total. The molecular formula is C11H19N5O3S. The molecule has 0 aliphatic carbocycles. The normalized spacial score (nSPS) is 22.6. The zero-order chi connectivity index (χ0) is 14.8. The monoisotopic (exact) mass is 301 g/mol. The maximum atomic E-state index is 11.7. The van der Waals surface area contributed by atoms with Crippen LogP contribution in [-0.2, 0) is 21.4 Å². The first-order valence-electron chi connectivity index (χ1n) is 6.30. The second-order valence-corrected chi connectivity index (χ2v) is 7.01. The molecular weight excluding hydrogens is 282 g/mol. The van der Waals surface area contributed by atoms with Gasteiger partial charge in [-0.05, 0) is 0 Å². The van der Waals surface area contributed by atoms with Gasteiger partial charge in [-0.1, -0.05) is 0 Å². The van der Waals surface area contributed by atoms with Gasteiger partial charge < -0.3 is 10.7 Å². The van der Waals surface area contributed by atoms with Crippen molar-refractivity contribution in [3.63, 3.8) is 0 Å². The van der Waals surface area contributed by atoms with Gasteiger partial charge in [0.1, 0.15) is 0 Å². The van der Waals surface area contributed by atoms with Gasteiger partial charge in [0.25, 0.3) is 0 Å². The molecule has 2 heterocycles. The summed E-state index contributed by atoms with van der Waals surface area (Å²) < 4.78 is 24.7. The molecule has 1 aliphatic rings. The van der Waals surface area contributed by atoms with Crippen molar-refractivity contribution in [2.45, 2.75) is 6.54 Å². The molecule has 1 unspecified atom stereocenters. The molecule has 0 saturated carbocycles. The standard InChI is InChI=1S/C11H19N5O3S/c1-20(18,19)16-3-2-15(5-9(6-16)11(12)17)7-10-4-13-8-14-10/h4,8-9H,2-3,5-7H2,1H3,(H2,12,17)(H,13,14). The van der Waals surface area contributed by atoms with Gasteiger partial charge in [-0.3, -0.25) is 9.69 Å². The Morgan fingerprint density at radius 1 is 1.50 bits per heavy atom. The molecule has 0 radical (unpaired) electrons. The summed E-state index contributed by atoms with van der Waals surface area (Å²) in [6, 6.07) is 0. The maximum absolute atomic E-state index is 11.7. The molecule has 1 atom stereocenters. The van der Waals surface area contributed by atoms with Crippen LogP contribution >= 0.6 is 0 Å². The quantitative estimate of drug-likeness (QED) is 0.709. The third-order valence-electron chi connectivity index (χ3n) is 3.39. The molecule has 0 spiro atoms. The number of hydrogen-bond acceptors (Lipinski definition) is 5. The predicted molar refractivity (Wildman–Crippen MR) is 73.0 cm³/mol. The molecule has 20 heavy (non-hydrogen) atoms. The molecule has 1 aromatic rings. The summed E-state index contributed by atoms with van der Waals surface area (Å²) in [7, 11) is -3.32. The highest BCUT2D eigenvalue weighted by atomic mass is 32.2. The lowest BCUT2D eigenvalue weighted by atomic mass is 10.1. The van der Waals surface area contributed by atoms with E-state index in [0.29, 0.717) is 26.2 Å². The van der Waals surface area contributed by atoms with Gasteiger partial charge in [0.15, 0.2) is 0 Å². The number of sulfonamides is 1. The number of nitrogens with zero attached hydrogens (tertiary/aromatic N) is 3. The Kier molecular flexibility index (Phi) is 4.41. The summed E-state index contributed by atoms with van der Waals surface area (Å²) >= 11 is 0. The van der Waals surface area contributed by atoms with E-state index in [2.05, 4.69) is 9.97 Å². The molecule has 0 bridgehead atoms. The number of aromatic nitrogens is 2. The second kappa shape index (κ2) is 5.90. The summed E-state index contributed by atoms with van der Waals surface area (Å²) in [5.41, 5.74) is 6.29. The average molecular weight is 301 g/mol. The van der Waals surface area contributed by atoms with Crippen molar-refractivity contribution < 1.29 is 13.2 Å². The molecule has 1 aliphatic heterocycles. The van der Waals surface area contributed by atoms with Crippen LogP contribution < -0.4 is 5.73 Å². The lowest BCUT2D eigenvalue weighted by molar-refractivity contribution is -0.122. The van der Waals surface area contributed by atoms with E-state index >= 15 is 0 Å². The number of nitrogens with one attached hydrogen (secondary N) is 1. The Bertz CT molecular complexity index is 557. The molecule has 0 aromatic carbocycles. The van der Waals surface area contributed by atoms with Crippen LogP contribution in [0.1, 0.15) is 5.69 Å². The van der Waals surface area contributed by atoms with Gasteiger partial charge in [0.2, 0.25) is 15.9 Å². The van der Waals surface area contributed by atoms with E-state index in [1.54, 1.807) is 12.5 Å². The van der Waals surface area contributed by atoms with E-state index in [1.165, 1.54) is 4.31 Å². The van der Waals surface area contributed by atoms with Gasteiger partial charge in [-0.15, -0.1) is 0 Å². The average Bonchev–Trinajstić information content (AvgIpc) is 2.72. The maximum Gasteiger partial charge on any atom is 0.223 e. The SMILES string of the molecule is CS(=O)(=O)N1CCN(Cc2cnc[nH]2)CC(C(N)=O)C1. The number of carbonyl (C=O) groups excluding carboxylic acids is 1. The van der Waals surface area contributed by atoms with Crippen molar-refractivity contribution in [3.8, 4) is 0 Å². The summed E-state index contributed by atoms with van der Waals surface area (Å²) in [5.74, 6) is -0.981. The van der Waals surface area contributed by atoms with E-state index in [-0.39, 0.29) is 6.54 Å². The van der Waals surface area contributed by atoms with E-state index in [0.717, 1.165) is 11.9 Å². The van der Waals surface area contributed by atoms with Crippen molar-refractivity contribution >= 4 is 15.9 Å². The van der Waals surface area contributed by atoms with Crippen molar-refractivity contribution in [1.82, 2.24) is 19.2 Å². The molecule has 8 nitrogen and oxygen atoms in total. The molecule has 1 fully saturated rings. The van der Waals surface area contributed by atoms with Crippen LogP contribution in [0.15, 0.2) is 12.5 Å². The number of aromatic amines is 1. The minimum Gasteiger partial charge on any atom is -0.369 e. The van der Waals surface area contributed by atoms with Crippen LogP contribution in [0.2, 0.25) is 0 Å². The van der Waals surface area contributed by atoms with Crippen molar-refractivity contribution in [1.29, 1.82) is 0 Å². The molecule has 112 valence electrons. The lowest BCUT2D eigenvalue weighted by Crippen LogP contribution is -2.40. The summed E-state index contributed by atoms with van der Waals surface area (Å²) in [6.07, 6.45) is 4.44. The molecule has 1 saturated heterocycles. The third kappa shape index (κ3) is 3.78. The predicted octanol–water partition coefficient (Wildman–Crippen LogP) is -1.41. The van der Waals surface area contributed by atoms with E-state index in [9.17, 15) is 13.2 Å². The molecule has 9 heteroatoms. The minimum absolute atomic E-state index is 0.146. The first-order valence-corrected chi connectivity index (χ1v) is 8.15. The first-order chi connectivity index (χ1) is 9.36. The fourth-order valence-corrected chi connectivity index (χ4v) is 3.15. The van der Waals surface area contributed by atoms with Gasteiger partial charge in [0.05, 0.1) is 18.5 Å².